The van der Waals surface area contributed by atoms with Crippen LogP contribution in [-0.2, 0) is 0 Å². The lowest BCUT2D eigenvalue weighted by Gasteiger charge is -2.10. The molecule has 2 rings (SSSR count). The van der Waals surface area contributed by atoms with Crippen molar-refractivity contribution in [3.05, 3.63) is 35.1 Å². The summed E-state index contributed by atoms with van der Waals surface area (Å²) in [4.78, 5) is 7.82. The van der Waals surface area contributed by atoms with E-state index in [1.165, 1.54) is 13.4 Å². The highest BCUT2D eigenvalue weighted by atomic mass is 35.5. The molecule has 0 aliphatic rings. The molecule has 0 aliphatic heterocycles. The fourth-order valence-electron chi connectivity index (χ4n) is 1.40. The number of rotatable bonds is 3. The Morgan fingerprint density at radius 1 is 1.22 bits per heavy atom. The maximum absolute atomic E-state index is 6.03. The molecule has 0 saturated carbocycles. The third kappa shape index (κ3) is 2.46. The number of benzene rings is 1. The van der Waals surface area contributed by atoms with Gasteiger partial charge >= 0.3 is 0 Å². The van der Waals surface area contributed by atoms with Crippen LogP contribution in [0, 0.1) is 6.92 Å². The molecular weight excluding hydrogens is 254 g/mol. The second kappa shape index (κ2) is 5.10. The highest BCUT2D eigenvalue weighted by Gasteiger charge is 2.12. The Bertz CT molecular complexity index is 575. The normalized spacial score (nSPS) is 10.2. The molecule has 1 aromatic carbocycles. The number of aromatic nitrogens is 2. The van der Waals surface area contributed by atoms with Gasteiger partial charge in [0.1, 0.15) is 12.1 Å². The van der Waals surface area contributed by atoms with E-state index in [0.29, 0.717) is 10.8 Å². The van der Waals surface area contributed by atoms with Crippen molar-refractivity contribution in [3.63, 3.8) is 0 Å². The molecule has 0 radical (unpaired) electrons. The summed E-state index contributed by atoms with van der Waals surface area (Å²) >= 11 is 6.03. The molecule has 0 fully saturated rings. The van der Waals surface area contributed by atoms with Crippen molar-refractivity contribution in [2.45, 2.75) is 6.92 Å². The first-order chi connectivity index (χ1) is 8.61. The van der Waals surface area contributed by atoms with Crippen molar-refractivity contribution < 1.29 is 9.47 Å². The molecule has 0 unspecified atom stereocenters. The Hall–Kier alpha value is -2.01. The van der Waals surface area contributed by atoms with Crippen LogP contribution in [0.15, 0.2) is 24.5 Å². The summed E-state index contributed by atoms with van der Waals surface area (Å²) in [5.74, 6) is 0.974. The van der Waals surface area contributed by atoms with Crippen LogP contribution in [0.4, 0.5) is 5.69 Å². The molecule has 0 atom stereocenters. The minimum absolute atomic E-state index is 0.217. The first kappa shape index (κ1) is 12.4. The van der Waals surface area contributed by atoms with E-state index in [1.807, 2.05) is 13.0 Å². The first-order valence-electron chi connectivity index (χ1n) is 5.20. The third-order valence-corrected chi connectivity index (χ3v) is 2.61. The van der Waals surface area contributed by atoms with Gasteiger partial charge in [-0.15, -0.1) is 0 Å². The van der Waals surface area contributed by atoms with Crippen LogP contribution in [0.1, 0.15) is 5.56 Å². The van der Waals surface area contributed by atoms with Gasteiger partial charge in [0.2, 0.25) is 11.8 Å². The number of ether oxygens (including phenoxy) is 2. The number of hydrogen-bond donors (Lipinski definition) is 1. The van der Waals surface area contributed by atoms with Gasteiger partial charge in [-0.1, -0.05) is 17.7 Å². The van der Waals surface area contributed by atoms with Gasteiger partial charge in [-0.2, -0.15) is 9.97 Å². The van der Waals surface area contributed by atoms with Crippen molar-refractivity contribution in [3.8, 4) is 17.5 Å². The summed E-state index contributed by atoms with van der Waals surface area (Å²) in [5.41, 5.74) is 7.07. The topological polar surface area (TPSA) is 70.3 Å². The van der Waals surface area contributed by atoms with E-state index < -0.39 is 0 Å². The summed E-state index contributed by atoms with van der Waals surface area (Å²) < 4.78 is 10.6. The van der Waals surface area contributed by atoms with E-state index in [0.717, 1.165) is 5.56 Å². The Balaban J connectivity index is 2.37. The molecule has 1 heterocycles. The zero-order valence-corrected chi connectivity index (χ0v) is 10.7. The van der Waals surface area contributed by atoms with Gasteiger partial charge in [0.15, 0.2) is 5.69 Å². The zero-order chi connectivity index (χ0) is 13.1. The molecule has 6 heteroatoms. The van der Waals surface area contributed by atoms with E-state index in [9.17, 15) is 0 Å². The minimum Gasteiger partial charge on any atom is -0.479 e. The predicted octanol–water partition coefficient (Wildman–Crippen LogP) is 2.82. The average Bonchev–Trinajstić information content (AvgIpc) is 2.36. The maximum atomic E-state index is 6.03. The van der Waals surface area contributed by atoms with E-state index in [4.69, 9.17) is 26.8 Å². The van der Waals surface area contributed by atoms with Crippen LogP contribution >= 0.6 is 11.6 Å². The summed E-state index contributed by atoms with van der Waals surface area (Å²) in [5, 5.41) is 0.484. The highest BCUT2D eigenvalue weighted by molar-refractivity contribution is 6.32. The quantitative estimate of drug-likeness (QED) is 0.924. The first-order valence-corrected chi connectivity index (χ1v) is 5.58. The molecule has 0 amide bonds. The summed E-state index contributed by atoms with van der Waals surface area (Å²) in [6, 6.07) is 5.44. The largest absolute Gasteiger partial charge is 0.479 e. The van der Waals surface area contributed by atoms with Gasteiger partial charge in [-0.25, -0.2) is 0 Å². The van der Waals surface area contributed by atoms with Gasteiger partial charge in [-0.3, -0.25) is 0 Å². The van der Waals surface area contributed by atoms with Crippen LogP contribution in [0.25, 0.3) is 0 Å². The second-order valence-corrected chi connectivity index (χ2v) is 4.04. The Kier molecular flexibility index (Phi) is 3.53. The van der Waals surface area contributed by atoms with Crippen LogP contribution in [0.3, 0.4) is 0 Å². The van der Waals surface area contributed by atoms with Gasteiger partial charge in [-0.05, 0) is 24.6 Å². The van der Waals surface area contributed by atoms with Crippen LogP contribution in [0.2, 0.25) is 5.02 Å². The van der Waals surface area contributed by atoms with E-state index >= 15 is 0 Å². The summed E-state index contributed by atoms with van der Waals surface area (Å²) in [7, 11) is 1.47. The number of hydrogen-bond acceptors (Lipinski definition) is 5. The molecule has 5 nitrogen and oxygen atoms in total. The van der Waals surface area contributed by atoms with Crippen LogP contribution < -0.4 is 15.2 Å². The molecule has 0 spiro atoms. The monoisotopic (exact) mass is 265 g/mol. The second-order valence-electron chi connectivity index (χ2n) is 3.64. The molecule has 94 valence electrons. The lowest BCUT2D eigenvalue weighted by molar-refractivity contribution is 0.391. The molecule has 0 aliphatic carbocycles. The van der Waals surface area contributed by atoms with E-state index in [-0.39, 0.29) is 17.4 Å². The number of nitrogens with two attached hydrogens (primary N) is 1. The number of halogens is 1. The standard InChI is InChI=1S/C12H12ClN3O2/c1-7-3-4-8(13)9(5-7)18-12-10(14)11(17-2)15-6-16-12/h3-6H,14H2,1-2H3. The van der Waals surface area contributed by atoms with Gasteiger partial charge in [0.05, 0.1) is 12.1 Å². The number of aryl methyl sites for hydroxylation is 1. The molecule has 18 heavy (non-hydrogen) atoms. The van der Waals surface area contributed by atoms with Crippen molar-refractivity contribution in [2.75, 3.05) is 12.8 Å². The minimum atomic E-state index is 0.217. The maximum Gasteiger partial charge on any atom is 0.249 e. The Morgan fingerprint density at radius 2 is 1.94 bits per heavy atom. The molecule has 2 aromatic rings. The number of nitrogens with zero attached hydrogens (tertiary/aromatic N) is 2. The van der Waals surface area contributed by atoms with Gasteiger partial charge < -0.3 is 15.2 Å². The fraction of sp³-hybridized carbons (Fsp3) is 0.167. The molecule has 1 aromatic heterocycles. The third-order valence-electron chi connectivity index (χ3n) is 2.30. The molecule has 0 bridgehead atoms. The molecule has 2 N–H and O–H groups in total. The van der Waals surface area contributed by atoms with Gasteiger partial charge in [0, 0.05) is 0 Å². The van der Waals surface area contributed by atoms with Crippen LogP contribution in [0.5, 0.6) is 17.5 Å². The number of anilines is 1. The van der Waals surface area contributed by atoms with Crippen LogP contribution in [-0.4, -0.2) is 17.1 Å². The summed E-state index contributed by atoms with van der Waals surface area (Å²) in [6.45, 7) is 1.94. The summed E-state index contributed by atoms with van der Waals surface area (Å²) in [6.07, 6.45) is 1.31. The predicted molar refractivity (Wildman–Crippen MR) is 69.3 cm³/mol. The molecule has 0 saturated heterocycles. The van der Waals surface area contributed by atoms with E-state index in [1.54, 1.807) is 12.1 Å². The van der Waals surface area contributed by atoms with Crippen molar-refractivity contribution in [2.24, 2.45) is 0 Å². The Morgan fingerprint density at radius 3 is 2.67 bits per heavy atom. The number of methoxy groups -OCH3 is 1. The SMILES string of the molecule is COc1ncnc(Oc2cc(C)ccc2Cl)c1N. The average molecular weight is 266 g/mol. The van der Waals surface area contributed by atoms with Crippen molar-refractivity contribution in [1.82, 2.24) is 9.97 Å². The molecular formula is C12H12ClN3O2. The lowest BCUT2D eigenvalue weighted by Crippen LogP contribution is -2.00. The Labute approximate surface area is 110 Å². The smallest absolute Gasteiger partial charge is 0.249 e. The number of nitrogen functional groups attached to an aromatic ring is 1. The lowest BCUT2D eigenvalue weighted by atomic mass is 10.2. The highest BCUT2D eigenvalue weighted by Crippen LogP contribution is 2.34. The fourth-order valence-corrected chi connectivity index (χ4v) is 1.56. The van der Waals surface area contributed by atoms with Crippen molar-refractivity contribution >= 4 is 17.3 Å². The van der Waals surface area contributed by atoms with Crippen molar-refractivity contribution in [1.29, 1.82) is 0 Å². The van der Waals surface area contributed by atoms with Gasteiger partial charge in [0.25, 0.3) is 0 Å². The zero-order valence-electron chi connectivity index (χ0n) is 9.98. The van der Waals surface area contributed by atoms with E-state index in [2.05, 4.69) is 9.97 Å².